The Morgan fingerprint density at radius 1 is 1.08 bits per heavy atom. The van der Waals surface area contributed by atoms with Crippen molar-refractivity contribution in [2.45, 2.75) is 29.7 Å². The molecule has 1 atom stereocenters. The van der Waals surface area contributed by atoms with Gasteiger partial charge in [0.05, 0.1) is 20.8 Å². The summed E-state index contributed by atoms with van der Waals surface area (Å²) in [4.78, 5) is 0.332. The monoisotopic (exact) mass is 394 g/mol. The molecule has 0 radical (unpaired) electrons. The molecular weight excluding hydrogens is 375 g/mol. The first kappa shape index (κ1) is 18.1. The van der Waals surface area contributed by atoms with E-state index < -0.39 is 17.1 Å². The fourth-order valence-corrected chi connectivity index (χ4v) is 7.65. The molecule has 1 heterocycles. The minimum atomic E-state index is -3.67. The highest BCUT2D eigenvalue weighted by Crippen LogP contribution is 2.51. The van der Waals surface area contributed by atoms with Crippen molar-refractivity contribution in [1.82, 2.24) is 4.67 Å². The number of nitrogens with zero attached hydrogens (tertiary/aromatic N) is 1. The highest BCUT2D eigenvalue weighted by Gasteiger charge is 2.38. The molecule has 0 aliphatic carbocycles. The largest absolute Gasteiger partial charge is 0.332 e. The van der Waals surface area contributed by atoms with Crippen LogP contribution in [0.15, 0.2) is 58.3 Å². The average molecular weight is 394 g/mol. The lowest BCUT2D eigenvalue weighted by atomic mass is 10.3. The van der Waals surface area contributed by atoms with Gasteiger partial charge in [-0.3, -0.25) is 9.24 Å². The molecule has 0 aromatic heterocycles. The Labute approximate surface area is 153 Å². The zero-order valence-corrected chi connectivity index (χ0v) is 16.7. The molecule has 0 saturated carbocycles. The van der Waals surface area contributed by atoms with E-state index >= 15 is 0 Å². The van der Waals surface area contributed by atoms with Gasteiger partial charge < -0.3 is 5.32 Å². The van der Waals surface area contributed by atoms with Crippen molar-refractivity contribution in [3.05, 3.63) is 48.5 Å². The fourth-order valence-electron chi connectivity index (χ4n) is 3.00. The molecule has 25 heavy (non-hydrogen) atoms. The zero-order chi connectivity index (χ0) is 18.4. The minimum Gasteiger partial charge on any atom is -0.332 e. The topological polar surface area (TPSA) is 66.5 Å². The first-order valence-corrected chi connectivity index (χ1v) is 11.8. The van der Waals surface area contributed by atoms with Crippen molar-refractivity contribution >= 4 is 45.5 Å². The van der Waals surface area contributed by atoms with Crippen LogP contribution in [-0.4, -0.2) is 30.9 Å². The second-order valence-electron chi connectivity index (χ2n) is 6.24. The Bertz CT molecular complexity index is 988. The SMILES string of the molecule is CC(C)N1C(=S)Nc2ccc(S(=O)(=O)c3ccccc3)cc2P1(C)=O. The summed E-state index contributed by atoms with van der Waals surface area (Å²) < 4.78 is 40.8. The van der Waals surface area contributed by atoms with Gasteiger partial charge in [0, 0.05) is 12.7 Å². The Kier molecular flexibility index (Phi) is 4.52. The number of fused-ring (bicyclic) bond motifs is 1. The number of anilines is 1. The van der Waals surface area contributed by atoms with E-state index in [-0.39, 0.29) is 15.8 Å². The summed E-state index contributed by atoms with van der Waals surface area (Å²) in [7, 11) is -6.70. The van der Waals surface area contributed by atoms with Gasteiger partial charge in [-0.1, -0.05) is 18.2 Å². The van der Waals surface area contributed by atoms with Gasteiger partial charge in [-0.25, -0.2) is 8.42 Å². The van der Waals surface area contributed by atoms with E-state index in [1.165, 1.54) is 12.1 Å². The van der Waals surface area contributed by atoms with Crippen LogP contribution < -0.4 is 10.6 Å². The van der Waals surface area contributed by atoms with Gasteiger partial charge in [-0.15, -0.1) is 0 Å². The van der Waals surface area contributed by atoms with Crippen LogP contribution in [0.1, 0.15) is 13.8 Å². The molecule has 2 aromatic rings. The highest BCUT2D eigenvalue weighted by molar-refractivity contribution is 7.91. The normalized spacial score (nSPS) is 20.3. The number of benzene rings is 2. The van der Waals surface area contributed by atoms with Crippen molar-refractivity contribution in [3.8, 4) is 0 Å². The lowest BCUT2D eigenvalue weighted by Gasteiger charge is -2.40. The van der Waals surface area contributed by atoms with Crippen LogP contribution >= 0.6 is 19.5 Å². The van der Waals surface area contributed by atoms with Crippen LogP contribution in [0.2, 0.25) is 0 Å². The van der Waals surface area contributed by atoms with Gasteiger partial charge in [-0.05, 0) is 56.4 Å². The van der Waals surface area contributed by atoms with Crippen LogP contribution in [0, 0.1) is 0 Å². The molecule has 3 rings (SSSR count). The van der Waals surface area contributed by atoms with Crippen LogP contribution in [0.25, 0.3) is 0 Å². The molecule has 0 saturated heterocycles. The zero-order valence-electron chi connectivity index (χ0n) is 14.1. The molecule has 1 aliphatic heterocycles. The predicted molar refractivity (Wildman–Crippen MR) is 105 cm³/mol. The van der Waals surface area contributed by atoms with Crippen LogP contribution in [0.4, 0.5) is 5.69 Å². The maximum atomic E-state index is 13.5. The number of hydrogen-bond donors (Lipinski definition) is 1. The molecule has 1 aliphatic rings. The second kappa shape index (κ2) is 6.24. The molecule has 1 unspecified atom stereocenters. The van der Waals surface area contributed by atoms with Crippen LogP contribution in [-0.2, 0) is 14.4 Å². The third-order valence-corrected chi connectivity index (χ3v) is 9.08. The van der Waals surface area contributed by atoms with E-state index in [2.05, 4.69) is 5.32 Å². The van der Waals surface area contributed by atoms with E-state index in [1.54, 1.807) is 47.7 Å². The molecule has 0 amide bonds. The maximum Gasteiger partial charge on any atom is 0.206 e. The van der Waals surface area contributed by atoms with Crippen molar-refractivity contribution in [2.24, 2.45) is 0 Å². The van der Waals surface area contributed by atoms with E-state index in [0.717, 1.165) is 0 Å². The first-order valence-electron chi connectivity index (χ1n) is 7.78. The Hall–Kier alpha value is -1.69. The number of hydrogen-bond acceptors (Lipinski definition) is 4. The Morgan fingerprint density at radius 2 is 1.72 bits per heavy atom. The van der Waals surface area contributed by atoms with Crippen LogP contribution in [0.5, 0.6) is 0 Å². The van der Waals surface area contributed by atoms with E-state index in [1.807, 2.05) is 13.8 Å². The summed E-state index contributed by atoms with van der Waals surface area (Å²) in [5.74, 6) is 0. The molecule has 0 fully saturated rings. The van der Waals surface area contributed by atoms with Crippen molar-refractivity contribution < 1.29 is 13.0 Å². The molecule has 0 spiro atoms. The van der Waals surface area contributed by atoms with Gasteiger partial charge >= 0.3 is 0 Å². The molecular formula is C17H19N2O3PS2. The standard InChI is InChI=1S/C17H19N2O3PS2/c1-12(2)19-17(24)18-15-10-9-14(11-16(15)23(19,3)20)25(21,22)13-7-5-4-6-8-13/h4-12H,1-3H3,(H,18,24). The number of nitrogens with one attached hydrogen (secondary N) is 1. The molecule has 5 nitrogen and oxygen atoms in total. The van der Waals surface area contributed by atoms with Gasteiger partial charge in [-0.2, -0.15) is 0 Å². The van der Waals surface area contributed by atoms with E-state index in [0.29, 0.717) is 16.1 Å². The van der Waals surface area contributed by atoms with Crippen molar-refractivity contribution in [3.63, 3.8) is 0 Å². The first-order chi connectivity index (χ1) is 11.7. The second-order valence-corrected chi connectivity index (χ2v) is 11.3. The molecule has 0 bridgehead atoms. The van der Waals surface area contributed by atoms with Gasteiger partial charge in [0.15, 0.2) is 5.11 Å². The molecule has 132 valence electrons. The summed E-state index contributed by atoms with van der Waals surface area (Å²) in [5.41, 5.74) is 0.597. The fraction of sp³-hybridized carbons (Fsp3) is 0.235. The van der Waals surface area contributed by atoms with Gasteiger partial charge in [0.2, 0.25) is 17.1 Å². The summed E-state index contributed by atoms with van der Waals surface area (Å²) in [6, 6.07) is 12.8. The highest BCUT2D eigenvalue weighted by atomic mass is 32.2. The van der Waals surface area contributed by atoms with E-state index in [9.17, 15) is 13.0 Å². The lowest BCUT2D eigenvalue weighted by molar-refractivity contribution is 0.483. The summed E-state index contributed by atoms with van der Waals surface area (Å²) in [6.07, 6.45) is 0. The van der Waals surface area contributed by atoms with Gasteiger partial charge in [0.1, 0.15) is 0 Å². The smallest absolute Gasteiger partial charge is 0.206 e. The summed E-state index contributed by atoms with van der Waals surface area (Å²) >= 11 is 5.34. The molecule has 2 aromatic carbocycles. The maximum absolute atomic E-state index is 13.5. The number of rotatable bonds is 3. The quantitative estimate of drug-likeness (QED) is 0.635. The Morgan fingerprint density at radius 3 is 2.32 bits per heavy atom. The third kappa shape index (κ3) is 3.01. The van der Waals surface area contributed by atoms with Gasteiger partial charge in [0.25, 0.3) is 0 Å². The average Bonchev–Trinajstić information content (AvgIpc) is 2.54. The predicted octanol–water partition coefficient (Wildman–Crippen LogP) is 3.47. The number of sulfone groups is 1. The molecule has 1 N–H and O–H groups in total. The number of thiocarbonyl (C=S) groups is 1. The Balaban J connectivity index is 2.17. The van der Waals surface area contributed by atoms with Crippen LogP contribution in [0.3, 0.4) is 0 Å². The molecule has 8 heteroatoms. The summed E-state index contributed by atoms with van der Waals surface area (Å²) in [6.45, 7) is 5.43. The third-order valence-electron chi connectivity index (χ3n) is 4.13. The minimum absolute atomic E-state index is 0.0710. The van der Waals surface area contributed by atoms with E-state index in [4.69, 9.17) is 12.2 Å². The van der Waals surface area contributed by atoms with Crippen molar-refractivity contribution in [2.75, 3.05) is 12.0 Å². The summed E-state index contributed by atoms with van der Waals surface area (Å²) in [5, 5.41) is 3.93. The lowest BCUT2D eigenvalue weighted by Crippen LogP contribution is -2.44. The van der Waals surface area contributed by atoms with Crippen molar-refractivity contribution in [1.29, 1.82) is 0 Å².